The van der Waals surface area contributed by atoms with E-state index in [1.807, 2.05) is 0 Å². The average Bonchev–Trinajstić information content (AvgIpc) is 2.61. The molecule has 0 unspecified atom stereocenters. The highest BCUT2D eigenvalue weighted by Gasteiger charge is 2.15. The van der Waals surface area contributed by atoms with Crippen LogP contribution in [0.3, 0.4) is 0 Å². The molecule has 0 atom stereocenters. The Morgan fingerprint density at radius 2 is 1.61 bits per heavy atom. The first-order chi connectivity index (χ1) is 13.3. The number of carbonyl (C=O) groups is 2. The molecule has 0 aliphatic heterocycles. The first-order valence-corrected chi connectivity index (χ1v) is 7.45. The fraction of sp³-hybridized carbons (Fsp3) is 0.111. The van der Waals surface area contributed by atoms with Crippen LogP contribution in [0.4, 0.5) is 23.2 Å². The molecule has 0 spiro atoms. The summed E-state index contributed by atoms with van der Waals surface area (Å²) in [6.45, 7) is -6.55. The van der Waals surface area contributed by atoms with Crippen molar-refractivity contribution < 1.29 is 41.7 Å². The molecule has 1 amide bonds. The van der Waals surface area contributed by atoms with Crippen molar-refractivity contribution >= 4 is 17.6 Å². The summed E-state index contributed by atoms with van der Waals surface area (Å²) in [5.74, 6) is 1.02. The predicted molar refractivity (Wildman–Crippen MR) is 88.6 cm³/mol. The maximum atomic E-state index is 12.4. The maximum Gasteiger partial charge on any atom is 0.387 e. The third-order valence-corrected chi connectivity index (χ3v) is 3.10. The molecule has 0 saturated heterocycles. The van der Waals surface area contributed by atoms with E-state index in [0.717, 1.165) is 18.2 Å². The number of para-hydroxylation sites is 1. The SMILES string of the molecule is O=C(C#Cc1ccc(OC(F)F)c(OC(F)F)c1)Nc1ccccc1C(=O)O. The number of benzene rings is 2. The number of halogens is 4. The number of carbonyl (C=O) groups excluding carboxylic acids is 1. The molecule has 0 fully saturated rings. The first-order valence-electron chi connectivity index (χ1n) is 7.45. The number of ether oxygens (including phenoxy) is 2. The van der Waals surface area contributed by atoms with E-state index in [4.69, 9.17) is 5.11 Å². The molecule has 0 heterocycles. The monoisotopic (exact) mass is 397 g/mol. The number of aromatic carboxylic acids is 1. The van der Waals surface area contributed by atoms with Gasteiger partial charge >= 0.3 is 25.1 Å². The predicted octanol–water partition coefficient (Wildman–Crippen LogP) is 3.58. The summed E-state index contributed by atoms with van der Waals surface area (Å²) >= 11 is 0. The summed E-state index contributed by atoms with van der Waals surface area (Å²) in [5.41, 5.74) is -0.144. The zero-order valence-corrected chi connectivity index (χ0v) is 13.8. The van der Waals surface area contributed by atoms with E-state index in [1.165, 1.54) is 24.3 Å². The van der Waals surface area contributed by atoms with E-state index in [0.29, 0.717) is 0 Å². The Morgan fingerprint density at radius 3 is 2.25 bits per heavy atom. The van der Waals surface area contributed by atoms with E-state index in [1.54, 1.807) is 0 Å². The Morgan fingerprint density at radius 1 is 0.964 bits per heavy atom. The molecule has 0 aliphatic rings. The second kappa shape index (κ2) is 9.27. The number of amides is 1. The molecule has 146 valence electrons. The van der Waals surface area contributed by atoms with Crippen LogP contribution in [0.5, 0.6) is 11.5 Å². The lowest BCUT2D eigenvalue weighted by Gasteiger charge is -2.11. The van der Waals surface area contributed by atoms with Gasteiger partial charge in [-0.3, -0.25) is 4.79 Å². The van der Waals surface area contributed by atoms with E-state index in [9.17, 15) is 27.2 Å². The smallest absolute Gasteiger partial charge is 0.387 e. The van der Waals surface area contributed by atoms with Crippen LogP contribution in [0, 0.1) is 11.8 Å². The Bertz CT molecular complexity index is 937. The second-order valence-corrected chi connectivity index (χ2v) is 4.97. The van der Waals surface area contributed by atoms with Crippen molar-refractivity contribution in [3.05, 3.63) is 53.6 Å². The quantitative estimate of drug-likeness (QED) is 0.575. The second-order valence-electron chi connectivity index (χ2n) is 4.97. The minimum absolute atomic E-state index is 0.000985. The number of rotatable bonds is 6. The van der Waals surface area contributed by atoms with Crippen LogP contribution in [-0.4, -0.2) is 30.2 Å². The number of nitrogens with one attached hydrogen (secondary N) is 1. The van der Waals surface area contributed by atoms with E-state index in [-0.39, 0.29) is 16.8 Å². The third kappa shape index (κ3) is 5.91. The van der Waals surface area contributed by atoms with Gasteiger partial charge in [0.2, 0.25) is 0 Å². The summed E-state index contributed by atoms with van der Waals surface area (Å²) in [7, 11) is 0. The van der Waals surface area contributed by atoms with Gasteiger partial charge in [-0.2, -0.15) is 17.6 Å². The van der Waals surface area contributed by atoms with E-state index in [2.05, 4.69) is 26.6 Å². The molecule has 28 heavy (non-hydrogen) atoms. The Balaban J connectivity index is 2.21. The van der Waals surface area contributed by atoms with Crippen LogP contribution in [0.2, 0.25) is 0 Å². The van der Waals surface area contributed by atoms with Crippen molar-refractivity contribution in [1.82, 2.24) is 0 Å². The zero-order chi connectivity index (χ0) is 20.7. The molecule has 2 aromatic rings. The molecular formula is C18H11F4NO5. The van der Waals surface area contributed by atoms with Gasteiger partial charge in [-0.1, -0.05) is 18.1 Å². The summed E-state index contributed by atoms with van der Waals surface area (Å²) in [4.78, 5) is 23.0. The number of hydrogen-bond acceptors (Lipinski definition) is 4. The van der Waals surface area contributed by atoms with Crippen LogP contribution >= 0.6 is 0 Å². The summed E-state index contributed by atoms with van der Waals surface area (Å²) < 4.78 is 57.6. The molecule has 10 heteroatoms. The van der Waals surface area contributed by atoms with E-state index >= 15 is 0 Å². The van der Waals surface area contributed by atoms with Gasteiger partial charge in [-0.25, -0.2) is 4.79 Å². The minimum Gasteiger partial charge on any atom is -0.478 e. The van der Waals surface area contributed by atoms with Gasteiger partial charge in [-0.05, 0) is 30.3 Å². The molecule has 2 N–H and O–H groups in total. The molecule has 0 aliphatic carbocycles. The lowest BCUT2D eigenvalue weighted by atomic mass is 10.1. The highest BCUT2D eigenvalue weighted by molar-refractivity contribution is 6.07. The van der Waals surface area contributed by atoms with Crippen molar-refractivity contribution in [2.75, 3.05) is 5.32 Å². The number of alkyl halides is 4. The molecule has 2 aromatic carbocycles. The summed E-state index contributed by atoms with van der Waals surface area (Å²) in [5, 5.41) is 11.3. The van der Waals surface area contributed by atoms with Gasteiger partial charge in [0.1, 0.15) is 0 Å². The van der Waals surface area contributed by atoms with Crippen LogP contribution in [0.15, 0.2) is 42.5 Å². The molecule has 0 saturated carbocycles. The van der Waals surface area contributed by atoms with Gasteiger partial charge in [-0.15, -0.1) is 0 Å². The third-order valence-electron chi connectivity index (χ3n) is 3.10. The zero-order valence-electron chi connectivity index (χ0n) is 13.8. The van der Waals surface area contributed by atoms with Gasteiger partial charge in [0, 0.05) is 11.5 Å². The lowest BCUT2D eigenvalue weighted by molar-refractivity contribution is -0.111. The number of anilines is 1. The molecular weight excluding hydrogens is 386 g/mol. The van der Waals surface area contributed by atoms with Crippen LogP contribution in [0.1, 0.15) is 15.9 Å². The standard InChI is InChI=1S/C18H11F4NO5/c19-17(20)27-13-7-5-10(9-14(13)28-18(21)22)6-8-15(24)23-12-4-2-1-3-11(12)16(25)26/h1-5,7,9,17-18H,(H,23,24)(H,25,26). The van der Waals surface area contributed by atoms with Crippen LogP contribution in [-0.2, 0) is 4.79 Å². The fourth-order valence-electron chi connectivity index (χ4n) is 2.03. The van der Waals surface area contributed by atoms with Crippen molar-refractivity contribution in [2.24, 2.45) is 0 Å². The largest absolute Gasteiger partial charge is 0.478 e. The maximum absolute atomic E-state index is 12.4. The van der Waals surface area contributed by atoms with Crippen molar-refractivity contribution in [1.29, 1.82) is 0 Å². The molecule has 6 nitrogen and oxygen atoms in total. The van der Waals surface area contributed by atoms with Crippen molar-refractivity contribution in [3.63, 3.8) is 0 Å². The lowest BCUT2D eigenvalue weighted by Crippen LogP contribution is -2.12. The minimum atomic E-state index is -3.29. The highest BCUT2D eigenvalue weighted by Crippen LogP contribution is 2.30. The van der Waals surface area contributed by atoms with Gasteiger partial charge in [0.25, 0.3) is 0 Å². The van der Waals surface area contributed by atoms with Crippen molar-refractivity contribution in [3.8, 4) is 23.3 Å². The number of carboxylic acid groups (broad SMARTS) is 1. The Kier molecular flexibility index (Phi) is 6.81. The van der Waals surface area contributed by atoms with Gasteiger partial charge in [0.15, 0.2) is 11.5 Å². The average molecular weight is 397 g/mol. The highest BCUT2D eigenvalue weighted by atomic mass is 19.3. The number of carboxylic acids is 1. The van der Waals surface area contributed by atoms with Gasteiger partial charge in [0.05, 0.1) is 11.3 Å². The summed E-state index contributed by atoms with van der Waals surface area (Å²) in [6, 6.07) is 8.60. The summed E-state index contributed by atoms with van der Waals surface area (Å²) in [6.07, 6.45) is 0. The fourth-order valence-corrected chi connectivity index (χ4v) is 2.03. The van der Waals surface area contributed by atoms with E-state index < -0.39 is 36.6 Å². The topological polar surface area (TPSA) is 84.9 Å². The molecule has 0 radical (unpaired) electrons. The molecule has 0 bridgehead atoms. The van der Waals surface area contributed by atoms with Crippen molar-refractivity contribution in [2.45, 2.75) is 13.2 Å². The van der Waals surface area contributed by atoms with Crippen LogP contribution in [0.25, 0.3) is 0 Å². The Hall–Kier alpha value is -3.74. The molecule has 0 aromatic heterocycles. The van der Waals surface area contributed by atoms with Crippen LogP contribution < -0.4 is 14.8 Å². The normalized spacial score (nSPS) is 10.2. The van der Waals surface area contributed by atoms with Gasteiger partial charge < -0.3 is 19.9 Å². The Labute approximate surface area is 155 Å². The number of hydrogen-bond donors (Lipinski definition) is 2. The first kappa shape index (κ1) is 20.6. The molecule has 2 rings (SSSR count).